The number of hydrogen-bond acceptors (Lipinski definition) is 6. The first-order valence-corrected chi connectivity index (χ1v) is 7.75. The van der Waals surface area contributed by atoms with Crippen molar-refractivity contribution in [3.05, 3.63) is 35.5 Å². The molecule has 1 aromatic carbocycles. The highest BCUT2D eigenvalue weighted by Gasteiger charge is 2.31. The lowest BCUT2D eigenvalue weighted by Crippen LogP contribution is -2.39. The number of halogens is 1. The maximum absolute atomic E-state index is 13.9. The lowest BCUT2D eigenvalue weighted by atomic mass is 9.97. The second-order valence-electron chi connectivity index (χ2n) is 6.05. The number of anilines is 1. The van der Waals surface area contributed by atoms with Crippen molar-refractivity contribution in [2.24, 2.45) is 0 Å². The van der Waals surface area contributed by atoms with Crippen molar-refractivity contribution in [3.63, 3.8) is 0 Å². The van der Waals surface area contributed by atoms with Gasteiger partial charge in [-0.15, -0.1) is 0 Å². The van der Waals surface area contributed by atoms with Gasteiger partial charge in [-0.3, -0.25) is 4.79 Å². The Morgan fingerprint density at radius 3 is 2.92 bits per heavy atom. The van der Waals surface area contributed by atoms with E-state index in [-0.39, 0.29) is 17.2 Å². The molecule has 7 nitrogen and oxygen atoms in total. The maximum Gasteiger partial charge on any atom is 0.265 e. The van der Waals surface area contributed by atoms with E-state index in [1.54, 1.807) is 4.90 Å². The highest BCUT2D eigenvalue weighted by Crippen LogP contribution is 2.29. The van der Waals surface area contributed by atoms with Crippen LogP contribution in [0.1, 0.15) is 35.0 Å². The van der Waals surface area contributed by atoms with E-state index in [4.69, 9.17) is 4.52 Å². The number of nitrogens with zero attached hydrogens (tertiary/aromatic N) is 4. The molecule has 0 aliphatic carbocycles. The Morgan fingerprint density at radius 2 is 2.25 bits per heavy atom. The van der Waals surface area contributed by atoms with Crippen molar-refractivity contribution >= 4 is 11.9 Å². The van der Waals surface area contributed by atoms with Gasteiger partial charge in [0, 0.05) is 27.2 Å². The molecule has 3 rings (SSSR count). The fraction of sp³-hybridized carbons (Fsp3) is 0.438. The lowest BCUT2D eigenvalue weighted by molar-refractivity contribution is 0.0687. The van der Waals surface area contributed by atoms with E-state index in [1.807, 2.05) is 14.1 Å². The molecule has 1 atom stereocenters. The number of benzene rings is 1. The van der Waals surface area contributed by atoms with Crippen LogP contribution >= 0.6 is 0 Å². The Kier molecular flexibility index (Phi) is 4.37. The molecule has 0 bridgehead atoms. The maximum atomic E-state index is 13.9. The molecular weight excluding hydrogens is 315 g/mol. The lowest BCUT2D eigenvalue weighted by Gasteiger charge is -2.31. The van der Waals surface area contributed by atoms with Gasteiger partial charge < -0.3 is 19.4 Å². The fourth-order valence-electron chi connectivity index (χ4n) is 2.82. The van der Waals surface area contributed by atoms with E-state index in [9.17, 15) is 14.3 Å². The molecule has 0 radical (unpaired) electrons. The van der Waals surface area contributed by atoms with Crippen LogP contribution < -0.4 is 4.90 Å². The minimum Gasteiger partial charge on any atom is -0.507 e. The summed E-state index contributed by atoms with van der Waals surface area (Å²) in [5, 5.41) is 13.7. The SMILES string of the molecule is CN(C)c1noc(C2CCCN(C(=O)c3c(O)cccc3F)C2)n1. The highest BCUT2D eigenvalue weighted by molar-refractivity contribution is 5.97. The predicted octanol–water partition coefficient (Wildman–Crippen LogP) is 2.00. The molecule has 1 fully saturated rings. The molecule has 2 aromatic rings. The van der Waals surface area contributed by atoms with Crippen molar-refractivity contribution in [3.8, 4) is 5.75 Å². The van der Waals surface area contributed by atoms with Gasteiger partial charge in [0.25, 0.3) is 11.9 Å². The second-order valence-corrected chi connectivity index (χ2v) is 6.05. The van der Waals surface area contributed by atoms with Crippen LogP contribution in [0.25, 0.3) is 0 Å². The van der Waals surface area contributed by atoms with Crippen molar-refractivity contribution in [1.29, 1.82) is 0 Å². The molecule has 0 spiro atoms. The summed E-state index contributed by atoms with van der Waals surface area (Å²) in [5.74, 6) is -0.765. The van der Waals surface area contributed by atoms with Gasteiger partial charge in [-0.25, -0.2) is 4.39 Å². The van der Waals surface area contributed by atoms with Crippen LogP contribution in [0, 0.1) is 5.82 Å². The van der Waals surface area contributed by atoms with E-state index >= 15 is 0 Å². The monoisotopic (exact) mass is 334 g/mol. The number of carbonyl (C=O) groups is 1. The third kappa shape index (κ3) is 3.04. The molecule has 0 saturated carbocycles. The molecule has 1 aromatic heterocycles. The van der Waals surface area contributed by atoms with E-state index in [1.165, 1.54) is 17.0 Å². The number of hydrogen-bond donors (Lipinski definition) is 1. The van der Waals surface area contributed by atoms with E-state index < -0.39 is 11.7 Å². The number of rotatable bonds is 3. The molecule has 8 heteroatoms. The number of amides is 1. The average molecular weight is 334 g/mol. The first-order chi connectivity index (χ1) is 11.5. The van der Waals surface area contributed by atoms with Crippen molar-refractivity contribution in [2.45, 2.75) is 18.8 Å². The van der Waals surface area contributed by atoms with Crippen molar-refractivity contribution < 1.29 is 18.8 Å². The van der Waals surface area contributed by atoms with E-state index in [0.717, 1.165) is 18.9 Å². The Bertz CT molecular complexity index is 726. The summed E-state index contributed by atoms with van der Waals surface area (Å²) >= 11 is 0. The van der Waals surface area contributed by atoms with Crippen LogP contribution in [-0.4, -0.2) is 53.2 Å². The molecule has 1 aliphatic rings. The first-order valence-electron chi connectivity index (χ1n) is 7.75. The summed E-state index contributed by atoms with van der Waals surface area (Å²) in [5.41, 5.74) is -0.294. The molecule has 1 aliphatic heterocycles. The number of phenolic OH excluding ortho intramolecular Hbond substituents is 1. The Labute approximate surface area is 138 Å². The zero-order valence-corrected chi connectivity index (χ0v) is 13.6. The predicted molar refractivity (Wildman–Crippen MR) is 84.6 cm³/mol. The van der Waals surface area contributed by atoms with Gasteiger partial charge in [-0.05, 0) is 30.1 Å². The molecule has 1 N–H and O–H groups in total. The topological polar surface area (TPSA) is 82.7 Å². The number of phenols is 1. The Balaban J connectivity index is 1.79. The summed E-state index contributed by atoms with van der Waals surface area (Å²) in [7, 11) is 3.62. The summed E-state index contributed by atoms with van der Waals surface area (Å²) < 4.78 is 19.2. The quantitative estimate of drug-likeness (QED) is 0.924. The number of aromatic nitrogens is 2. The van der Waals surface area contributed by atoms with Crippen LogP contribution in [0.5, 0.6) is 5.75 Å². The standard InChI is InChI=1S/C16H19FN4O3/c1-20(2)16-18-14(24-19-16)10-5-4-8-21(9-10)15(23)13-11(17)6-3-7-12(13)22/h3,6-7,10,22H,4-5,8-9H2,1-2H3. The Morgan fingerprint density at radius 1 is 1.46 bits per heavy atom. The van der Waals surface area contributed by atoms with Gasteiger partial charge in [-0.1, -0.05) is 6.07 Å². The van der Waals surface area contributed by atoms with Gasteiger partial charge in [0.15, 0.2) is 0 Å². The summed E-state index contributed by atoms with van der Waals surface area (Å²) in [6.07, 6.45) is 1.55. The minimum atomic E-state index is -0.727. The zero-order valence-electron chi connectivity index (χ0n) is 13.6. The smallest absolute Gasteiger partial charge is 0.265 e. The van der Waals surface area contributed by atoms with Crippen molar-refractivity contribution in [1.82, 2.24) is 15.0 Å². The van der Waals surface area contributed by atoms with Crippen LogP contribution in [0.4, 0.5) is 10.3 Å². The van der Waals surface area contributed by atoms with Crippen molar-refractivity contribution in [2.75, 3.05) is 32.1 Å². The Hall–Kier alpha value is -2.64. The largest absolute Gasteiger partial charge is 0.507 e. The minimum absolute atomic E-state index is 0.0992. The average Bonchev–Trinajstić information content (AvgIpc) is 3.05. The van der Waals surface area contributed by atoms with Crippen LogP contribution in [-0.2, 0) is 0 Å². The van der Waals surface area contributed by atoms with Gasteiger partial charge in [0.1, 0.15) is 17.1 Å². The third-order valence-corrected chi connectivity index (χ3v) is 4.09. The zero-order chi connectivity index (χ0) is 17.3. The molecule has 1 saturated heterocycles. The van der Waals surface area contributed by atoms with Gasteiger partial charge in [-0.2, -0.15) is 4.98 Å². The van der Waals surface area contributed by atoms with Gasteiger partial charge in [0.05, 0.1) is 5.92 Å². The first kappa shape index (κ1) is 16.2. The number of piperidine rings is 1. The van der Waals surface area contributed by atoms with E-state index in [0.29, 0.717) is 24.9 Å². The molecule has 2 heterocycles. The molecule has 1 unspecified atom stereocenters. The molecule has 128 valence electrons. The number of likely N-dealkylation sites (tertiary alicyclic amines) is 1. The molecule has 24 heavy (non-hydrogen) atoms. The second kappa shape index (κ2) is 6.46. The van der Waals surface area contributed by atoms with Crippen LogP contribution in [0.3, 0.4) is 0 Å². The number of carbonyl (C=O) groups excluding carboxylic acids is 1. The summed E-state index contributed by atoms with van der Waals surface area (Å²) in [6.45, 7) is 0.847. The van der Waals surface area contributed by atoms with Gasteiger partial charge in [0.2, 0.25) is 5.89 Å². The van der Waals surface area contributed by atoms with Crippen LogP contribution in [0.15, 0.2) is 22.7 Å². The van der Waals surface area contributed by atoms with E-state index in [2.05, 4.69) is 10.1 Å². The molecule has 1 amide bonds. The summed E-state index contributed by atoms with van der Waals surface area (Å²) in [6, 6.07) is 3.83. The highest BCUT2D eigenvalue weighted by atomic mass is 19.1. The number of aromatic hydroxyl groups is 1. The third-order valence-electron chi connectivity index (χ3n) is 4.09. The molecular formula is C16H19FN4O3. The normalized spacial score (nSPS) is 17.8. The van der Waals surface area contributed by atoms with Crippen LogP contribution in [0.2, 0.25) is 0 Å². The fourth-order valence-corrected chi connectivity index (χ4v) is 2.82. The summed E-state index contributed by atoms with van der Waals surface area (Å²) in [4.78, 5) is 20.2. The van der Waals surface area contributed by atoms with Gasteiger partial charge >= 0.3 is 0 Å².